The van der Waals surface area contributed by atoms with Crippen LogP contribution >= 0.6 is 0 Å². The second kappa shape index (κ2) is 5.28. The van der Waals surface area contributed by atoms with Crippen LogP contribution in [0.25, 0.3) is 0 Å². The average molecular weight is 223 g/mol. The predicted octanol–water partition coefficient (Wildman–Crippen LogP) is -0.167. The maximum atomic E-state index is 12.0. The van der Waals surface area contributed by atoms with Crippen molar-refractivity contribution in [2.24, 2.45) is 0 Å². The lowest BCUT2D eigenvalue weighted by Crippen LogP contribution is -2.51. The minimum atomic E-state index is -0.206. The van der Waals surface area contributed by atoms with Crippen LogP contribution in [0.2, 0.25) is 0 Å². The molecule has 0 radical (unpaired) electrons. The Morgan fingerprint density at radius 2 is 2.12 bits per heavy atom. The van der Waals surface area contributed by atoms with Crippen molar-refractivity contribution in [1.82, 2.24) is 9.80 Å². The Morgan fingerprint density at radius 3 is 2.69 bits per heavy atom. The molecule has 5 nitrogen and oxygen atoms in total. The Hall–Kier alpha value is -1.12. The van der Waals surface area contributed by atoms with Gasteiger partial charge in [0, 0.05) is 32.8 Å². The van der Waals surface area contributed by atoms with Gasteiger partial charge in [-0.15, -0.1) is 0 Å². The van der Waals surface area contributed by atoms with E-state index >= 15 is 0 Å². The summed E-state index contributed by atoms with van der Waals surface area (Å²) in [4.78, 5) is 15.9. The first-order chi connectivity index (χ1) is 7.81. The van der Waals surface area contributed by atoms with Crippen molar-refractivity contribution in [3.05, 3.63) is 0 Å². The van der Waals surface area contributed by atoms with E-state index in [2.05, 4.69) is 11.0 Å². The number of hydrogen-bond acceptors (Lipinski definition) is 4. The van der Waals surface area contributed by atoms with Gasteiger partial charge >= 0.3 is 0 Å². The molecule has 0 spiro atoms. The number of carbonyl (C=O) groups is 1. The number of amides is 1. The van der Waals surface area contributed by atoms with Crippen molar-refractivity contribution in [3.63, 3.8) is 0 Å². The maximum absolute atomic E-state index is 12.0. The molecule has 0 bridgehead atoms. The molecule has 1 amide bonds. The lowest BCUT2D eigenvalue weighted by Gasteiger charge is -2.34. The molecule has 16 heavy (non-hydrogen) atoms. The third-order valence-corrected chi connectivity index (χ3v) is 3.18. The molecule has 0 N–H and O–H groups in total. The molecule has 1 atom stereocenters. The summed E-state index contributed by atoms with van der Waals surface area (Å²) in [5, 5.41) is 8.57. The van der Waals surface area contributed by atoms with E-state index in [0.29, 0.717) is 13.2 Å². The fraction of sp³-hybridized carbons (Fsp3) is 0.818. The van der Waals surface area contributed by atoms with Crippen molar-refractivity contribution >= 4 is 5.91 Å². The van der Waals surface area contributed by atoms with Gasteiger partial charge in [0.2, 0.25) is 0 Å². The van der Waals surface area contributed by atoms with Crippen LogP contribution in [0.15, 0.2) is 0 Å². The second-order valence-electron chi connectivity index (χ2n) is 4.26. The Bertz CT molecular complexity index is 286. The smallest absolute Gasteiger partial charge is 0.251 e. The number of carbonyl (C=O) groups excluding carboxylic acids is 1. The van der Waals surface area contributed by atoms with Crippen molar-refractivity contribution in [1.29, 1.82) is 5.26 Å². The minimum absolute atomic E-state index is 0.133. The number of nitriles is 1. The first-order valence-corrected chi connectivity index (χ1v) is 5.81. The van der Waals surface area contributed by atoms with E-state index < -0.39 is 0 Å². The van der Waals surface area contributed by atoms with Crippen LogP contribution in [0.4, 0.5) is 0 Å². The van der Waals surface area contributed by atoms with E-state index in [9.17, 15) is 4.79 Å². The third kappa shape index (κ3) is 2.52. The summed E-state index contributed by atoms with van der Waals surface area (Å²) in [7, 11) is 0. The summed E-state index contributed by atoms with van der Waals surface area (Å²) in [5.41, 5.74) is 0. The van der Waals surface area contributed by atoms with Crippen LogP contribution in [0.3, 0.4) is 0 Å². The summed E-state index contributed by atoms with van der Waals surface area (Å²) >= 11 is 0. The Kier molecular flexibility index (Phi) is 3.75. The van der Waals surface area contributed by atoms with E-state index in [1.54, 1.807) is 0 Å². The van der Waals surface area contributed by atoms with Gasteiger partial charge in [0.15, 0.2) is 0 Å². The molecule has 2 aliphatic heterocycles. The van der Waals surface area contributed by atoms with Gasteiger partial charge in [-0.25, -0.2) is 0 Å². The molecule has 0 aliphatic carbocycles. The first-order valence-electron chi connectivity index (χ1n) is 5.81. The zero-order chi connectivity index (χ0) is 11.4. The van der Waals surface area contributed by atoms with Crippen molar-refractivity contribution in [2.75, 3.05) is 39.3 Å². The number of rotatable bonds is 2. The summed E-state index contributed by atoms with van der Waals surface area (Å²) in [6, 6.07) is 2.13. The highest BCUT2D eigenvalue weighted by Gasteiger charge is 2.30. The van der Waals surface area contributed by atoms with E-state index in [1.165, 1.54) is 0 Å². The molecular formula is C11H17N3O2. The normalized spacial score (nSPS) is 26.7. The van der Waals surface area contributed by atoms with E-state index in [4.69, 9.17) is 10.00 Å². The topological polar surface area (TPSA) is 56.6 Å². The van der Waals surface area contributed by atoms with Gasteiger partial charge in [-0.2, -0.15) is 5.26 Å². The van der Waals surface area contributed by atoms with Crippen LogP contribution in [-0.2, 0) is 9.53 Å². The summed E-state index contributed by atoms with van der Waals surface area (Å²) in [6.45, 7) is 4.21. The molecule has 88 valence electrons. The molecule has 0 saturated carbocycles. The Labute approximate surface area is 95.6 Å². The molecule has 5 heteroatoms. The Morgan fingerprint density at radius 1 is 1.38 bits per heavy atom. The second-order valence-corrected chi connectivity index (χ2v) is 4.26. The molecule has 0 unspecified atom stereocenters. The number of ether oxygens (including phenoxy) is 1. The van der Waals surface area contributed by atoms with Crippen LogP contribution in [0.5, 0.6) is 0 Å². The highest BCUT2D eigenvalue weighted by Crippen LogP contribution is 2.15. The van der Waals surface area contributed by atoms with Gasteiger partial charge in [0.25, 0.3) is 5.91 Å². The quantitative estimate of drug-likeness (QED) is 0.610. The van der Waals surface area contributed by atoms with Gasteiger partial charge in [0.1, 0.15) is 6.10 Å². The number of nitrogens with zero attached hydrogens (tertiary/aromatic N) is 3. The molecule has 2 saturated heterocycles. The zero-order valence-corrected chi connectivity index (χ0v) is 9.39. The molecule has 0 aromatic heterocycles. The number of hydrogen-bond donors (Lipinski definition) is 0. The molecule has 2 rings (SSSR count). The highest BCUT2D eigenvalue weighted by molar-refractivity contribution is 5.81. The lowest BCUT2D eigenvalue weighted by molar-refractivity contribution is -0.142. The molecule has 0 aromatic carbocycles. The average Bonchev–Trinajstić information content (AvgIpc) is 2.83. The molecule has 2 fully saturated rings. The summed E-state index contributed by atoms with van der Waals surface area (Å²) in [5.74, 6) is 0.133. The van der Waals surface area contributed by atoms with Crippen LogP contribution in [0.1, 0.15) is 12.8 Å². The molecule has 0 aromatic rings. The zero-order valence-electron chi connectivity index (χ0n) is 9.39. The van der Waals surface area contributed by atoms with Crippen LogP contribution < -0.4 is 0 Å². The van der Waals surface area contributed by atoms with Gasteiger partial charge in [0.05, 0.1) is 12.6 Å². The van der Waals surface area contributed by atoms with Gasteiger partial charge in [-0.1, -0.05) is 0 Å². The molecular weight excluding hydrogens is 206 g/mol. The highest BCUT2D eigenvalue weighted by atomic mass is 16.5. The number of piperazine rings is 1. The SMILES string of the molecule is N#CCN1CCN(C(=O)[C@H]2CCCO2)CC1. The third-order valence-electron chi connectivity index (χ3n) is 3.18. The van der Waals surface area contributed by atoms with Gasteiger partial charge < -0.3 is 9.64 Å². The minimum Gasteiger partial charge on any atom is -0.368 e. The van der Waals surface area contributed by atoms with E-state index in [-0.39, 0.29) is 12.0 Å². The van der Waals surface area contributed by atoms with Crippen molar-refractivity contribution in [2.45, 2.75) is 18.9 Å². The molecule has 2 aliphatic rings. The Balaban J connectivity index is 1.80. The largest absolute Gasteiger partial charge is 0.368 e. The summed E-state index contributed by atoms with van der Waals surface area (Å²) in [6.07, 6.45) is 1.64. The van der Waals surface area contributed by atoms with Gasteiger partial charge in [-0.3, -0.25) is 9.69 Å². The van der Waals surface area contributed by atoms with Crippen LogP contribution in [0, 0.1) is 11.3 Å². The fourth-order valence-corrected chi connectivity index (χ4v) is 2.20. The lowest BCUT2D eigenvalue weighted by atomic mass is 10.2. The monoisotopic (exact) mass is 223 g/mol. The first kappa shape index (κ1) is 11.4. The fourth-order valence-electron chi connectivity index (χ4n) is 2.20. The van der Waals surface area contributed by atoms with Crippen molar-refractivity contribution < 1.29 is 9.53 Å². The van der Waals surface area contributed by atoms with E-state index in [0.717, 1.165) is 39.0 Å². The predicted molar refractivity (Wildman–Crippen MR) is 57.6 cm³/mol. The van der Waals surface area contributed by atoms with Gasteiger partial charge in [-0.05, 0) is 12.8 Å². The summed E-state index contributed by atoms with van der Waals surface area (Å²) < 4.78 is 5.39. The standard InChI is InChI=1S/C11H17N3O2/c12-3-4-13-5-7-14(8-6-13)11(15)10-2-1-9-16-10/h10H,1-2,4-9H2/t10-/m1/s1. The van der Waals surface area contributed by atoms with Crippen molar-refractivity contribution in [3.8, 4) is 6.07 Å². The maximum Gasteiger partial charge on any atom is 0.251 e. The molecule has 2 heterocycles. The van der Waals surface area contributed by atoms with E-state index in [1.807, 2.05) is 4.90 Å². The van der Waals surface area contributed by atoms with Crippen LogP contribution in [-0.4, -0.2) is 61.1 Å².